The van der Waals surface area contributed by atoms with Crippen molar-refractivity contribution in [2.75, 3.05) is 17.2 Å². The number of nitrogens with one attached hydrogen (secondary N) is 2. The number of pyridine rings is 1. The van der Waals surface area contributed by atoms with Crippen molar-refractivity contribution in [3.63, 3.8) is 0 Å². The number of carbonyl (C=O) groups excluding carboxylic acids is 2. The van der Waals surface area contributed by atoms with Crippen molar-refractivity contribution in [2.45, 2.75) is 52.1 Å². The number of anilines is 2. The predicted molar refractivity (Wildman–Crippen MR) is 108 cm³/mol. The zero-order valence-electron chi connectivity index (χ0n) is 16.5. The fourth-order valence-corrected chi connectivity index (χ4v) is 4.30. The first-order chi connectivity index (χ1) is 13.6. The average molecular weight is 379 g/mol. The van der Waals surface area contributed by atoms with E-state index in [-0.39, 0.29) is 18.0 Å². The number of hydrogen-bond acceptors (Lipinski definition) is 2. The third kappa shape index (κ3) is 3.35. The Morgan fingerprint density at radius 3 is 2.93 bits per heavy atom. The van der Waals surface area contributed by atoms with Crippen LogP contribution in [-0.4, -0.2) is 23.4 Å². The molecule has 0 bridgehead atoms. The van der Waals surface area contributed by atoms with Crippen LogP contribution in [0.25, 0.3) is 0 Å². The van der Waals surface area contributed by atoms with Crippen LogP contribution in [0.2, 0.25) is 0 Å². The molecular weight excluding hydrogens is 352 g/mol. The molecule has 146 valence electrons. The maximum Gasteiger partial charge on any atom is 0.411 e. The Morgan fingerprint density at radius 1 is 1.25 bits per heavy atom. The molecule has 1 aromatic carbocycles. The van der Waals surface area contributed by atoms with Gasteiger partial charge >= 0.3 is 6.03 Å². The lowest BCUT2D eigenvalue weighted by Gasteiger charge is -2.30. The van der Waals surface area contributed by atoms with Crippen molar-refractivity contribution < 1.29 is 14.2 Å². The maximum atomic E-state index is 12.8. The SMILES string of the molecule is CCC[n+]1ccc(C)cc1NC(=O)Nc1cccc2c1C1CCCCN1C2=O. The number of benzene rings is 1. The quantitative estimate of drug-likeness (QED) is 0.788. The number of nitrogens with zero attached hydrogens (tertiary/aromatic N) is 2. The summed E-state index contributed by atoms with van der Waals surface area (Å²) >= 11 is 0. The van der Waals surface area contributed by atoms with E-state index < -0.39 is 0 Å². The number of carbonyl (C=O) groups is 2. The van der Waals surface area contributed by atoms with E-state index in [0.717, 1.165) is 67.0 Å². The van der Waals surface area contributed by atoms with Gasteiger partial charge in [0, 0.05) is 23.7 Å². The number of piperidine rings is 1. The Kier molecular flexibility index (Phi) is 5.03. The zero-order chi connectivity index (χ0) is 19.7. The van der Waals surface area contributed by atoms with Crippen molar-refractivity contribution in [3.8, 4) is 0 Å². The highest BCUT2D eigenvalue weighted by Gasteiger charge is 2.39. The second-order valence-corrected chi connectivity index (χ2v) is 7.64. The molecule has 1 saturated heterocycles. The van der Waals surface area contributed by atoms with E-state index in [1.807, 2.05) is 52.9 Å². The molecule has 1 aromatic heterocycles. The summed E-state index contributed by atoms with van der Waals surface area (Å²) in [5.41, 5.74) is 3.51. The number of hydrogen-bond donors (Lipinski definition) is 2. The van der Waals surface area contributed by atoms with E-state index in [2.05, 4.69) is 17.6 Å². The van der Waals surface area contributed by atoms with E-state index in [0.29, 0.717) is 0 Å². The predicted octanol–water partition coefficient (Wildman–Crippen LogP) is 4.02. The van der Waals surface area contributed by atoms with Gasteiger partial charge in [0.25, 0.3) is 11.7 Å². The third-order valence-electron chi connectivity index (χ3n) is 5.58. The number of urea groups is 1. The van der Waals surface area contributed by atoms with Gasteiger partial charge in [0.1, 0.15) is 0 Å². The second kappa shape index (κ2) is 7.62. The van der Waals surface area contributed by atoms with Crippen molar-refractivity contribution in [2.24, 2.45) is 0 Å². The molecule has 1 fully saturated rings. The average Bonchev–Trinajstić information content (AvgIpc) is 2.98. The van der Waals surface area contributed by atoms with E-state index in [9.17, 15) is 9.59 Å². The fourth-order valence-electron chi connectivity index (χ4n) is 4.30. The van der Waals surface area contributed by atoms with Crippen LogP contribution in [0, 0.1) is 6.92 Å². The van der Waals surface area contributed by atoms with E-state index in [1.54, 1.807) is 0 Å². The van der Waals surface area contributed by atoms with Crippen molar-refractivity contribution in [1.82, 2.24) is 4.90 Å². The molecule has 2 N–H and O–H groups in total. The molecular formula is C22H27N4O2+. The van der Waals surface area contributed by atoms with Crippen LogP contribution in [0.1, 0.15) is 60.1 Å². The van der Waals surface area contributed by atoms with Crippen LogP contribution in [0.15, 0.2) is 36.5 Å². The molecule has 0 radical (unpaired) electrons. The topological polar surface area (TPSA) is 65.3 Å². The molecule has 3 heterocycles. The summed E-state index contributed by atoms with van der Waals surface area (Å²) < 4.78 is 2.04. The minimum absolute atomic E-state index is 0.0803. The van der Waals surface area contributed by atoms with Gasteiger partial charge in [-0.05, 0) is 56.4 Å². The fraction of sp³-hybridized carbons (Fsp3) is 0.409. The maximum absolute atomic E-state index is 12.8. The molecule has 2 aromatic rings. The number of rotatable bonds is 4. The van der Waals surface area contributed by atoms with Gasteiger partial charge < -0.3 is 4.90 Å². The normalized spacial score (nSPS) is 17.9. The van der Waals surface area contributed by atoms with Gasteiger partial charge in [-0.25, -0.2) is 9.36 Å². The minimum Gasteiger partial charge on any atom is -0.331 e. The molecule has 6 nitrogen and oxygen atoms in total. The highest BCUT2D eigenvalue weighted by atomic mass is 16.2. The summed E-state index contributed by atoms with van der Waals surface area (Å²) in [6.07, 6.45) is 6.08. The van der Waals surface area contributed by atoms with Gasteiger partial charge in [-0.15, -0.1) is 0 Å². The lowest BCUT2D eigenvalue weighted by Crippen LogP contribution is -2.39. The van der Waals surface area contributed by atoms with Gasteiger partial charge in [-0.1, -0.05) is 13.0 Å². The van der Waals surface area contributed by atoms with Gasteiger partial charge in [0.05, 0.1) is 24.5 Å². The first-order valence-electron chi connectivity index (χ1n) is 10.1. The van der Waals surface area contributed by atoms with Crippen LogP contribution in [-0.2, 0) is 6.54 Å². The summed E-state index contributed by atoms with van der Waals surface area (Å²) in [5, 5.41) is 5.96. The molecule has 0 spiro atoms. The number of fused-ring (bicyclic) bond motifs is 3. The molecule has 2 aliphatic rings. The third-order valence-corrected chi connectivity index (χ3v) is 5.58. The Morgan fingerprint density at radius 2 is 2.11 bits per heavy atom. The van der Waals surface area contributed by atoms with Crippen LogP contribution in [0.4, 0.5) is 16.3 Å². The van der Waals surface area contributed by atoms with E-state index >= 15 is 0 Å². The summed E-state index contributed by atoms with van der Waals surface area (Å²) in [4.78, 5) is 27.4. The zero-order valence-corrected chi connectivity index (χ0v) is 16.5. The standard InChI is InChI=1S/C22H26N4O2/c1-3-11-25-13-10-15(2)14-19(25)24-22(28)23-17-8-6-7-16-20(17)18-9-4-5-12-26(18)21(16)27/h6-8,10,13-14,18H,3-5,9,11-12H2,1-2H3,(H,23,28)/p+1. The van der Waals surface area contributed by atoms with Crippen molar-refractivity contribution in [1.29, 1.82) is 0 Å². The van der Waals surface area contributed by atoms with E-state index in [4.69, 9.17) is 0 Å². The number of aryl methyl sites for hydroxylation is 2. The Bertz CT molecular complexity index is 925. The Balaban J connectivity index is 1.58. The lowest BCUT2D eigenvalue weighted by molar-refractivity contribution is -0.682. The molecule has 0 saturated carbocycles. The molecule has 28 heavy (non-hydrogen) atoms. The summed E-state index contributed by atoms with van der Waals surface area (Å²) in [7, 11) is 0. The monoisotopic (exact) mass is 379 g/mol. The largest absolute Gasteiger partial charge is 0.411 e. The summed E-state index contributed by atoms with van der Waals surface area (Å²) in [5.74, 6) is 0.852. The number of aromatic nitrogens is 1. The molecule has 3 amide bonds. The lowest BCUT2D eigenvalue weighted by atomic mass is 9.96. The second-order valence-electron chi connectivity index (χ2n) is 7.64. The van der Waals surface area contributed by atoms with Gasteiger partial charge in [0.2, 0.25) is 0 Å². The van der Waals surface area contributed by atoms with Gasteiger partial charge in [0.15, 0.2) is 0 Å². The summed E-state index contributed by atoms with van der Waals surface area (Å²) in [6.45, 7) is 5.75. The molecule has 1 unspecified atom stereocenters. The Labute approximate surface area is 165 Å². The molecule has 0 aliphatic carbocycles. The summed E-state index contributed by atoms with van der Waals surface area (Å²) in [6, 6.07) is 9.40. The van der Waals surface area contributed by atoms with Gasteiger partial charge in [-0.3, -0.25) is 10.1 Å². The van der Waals surface area contributed by atoms with Gasteiger partial charge in [-0.2, -0.15) is 5.32 Å². The van der Waals surface area contributed by atoms with Crippen molar-refractivity contribution in [3.05, 3.63) is 53.2 Å². The van der Waals surface area contributed by atoms with Crippen LogP contribution < -0.4 is 15.2 Å². The molecule has 4 rings (SSSR count). The first-order valence-corrected chi connectivity index (χ1v) is 10.1. The van der Waals surface area contributed by atoms with Crippen LogP contribution in [0.5, 0.6) is 0 Å². The van der Waals surface area contributed by atoms with Crippen LogP contribution in [0.3, 0.4) is 0 Å². The minimum atomic E-state index is -0.287. The molecule has 6 heteroatoms. The molecule has 1 atom stereocenters. The smallest absolute Gasteiger partial charge is 0.331 e. The highest BCUT2D eigenvalue weighted by Crippen LogP contribution is 2.43. The highest BCUT2D eigenvalue weighted by molar-refractivity contribution is 6.04. The van der Waals surface area contributed by atoms with Crippen LogP contribution >= 0.6 is 0 Å². The molecule has 2 aliphatic heterocycles. The van der Waals surface area contributed by atoms with Crippen molar-refractivity contribution >= 4 is 23.4 Å². The van der Waals surface area contributed by atoms with E-state index in [1.165, 1.54) is 0 Å². The number of amides is 3. The Hall–Kier alpha value is -2.89. The first kappa shape index (κ1) is 18.5.